The zero-order chi connectivity index (χ0) is 18.1. The molecule has 4 aliphatic rings. The number of esters is 1. The third-order valence-corrected chi connectivity index (χ3v) is 8.50. The average Bonchev–Trinajstić information content (AvgIpc) is 3.16. The Morgan fingerprint density at radius 3 is 2.88 bits per heavy atom. The van der Waals surface area contributed by atoms with Gasteiger partial charge in [0.2, 0.25) is 0 Å². The molecule has 4 aliphatic carbocycles. The molecule has 0 bridgehead atoms. The molecule has 1 aromatic rings. The molecule has 0 amide bonds. The highest BCUT2D eigenvalue weighted by molar-refractivity contribution is 5.66. The van der Waals surface area contributed by atoms with E-state index in [1.807, 2.05) is 6.20 Å². The molecule has 140 valence electrons. The average molecular weight is 355 g/mol. The number of aromatic nitrogens is 1. The van der Waals surface area contributed by atoms with Gasteiger partial charge in [-0.25, -0.2) is 0 Å². The lowest BCUT2D eigenvalue weighted by atomic mass is 9.47. The van der Waals surface area contributed by atoms with Crippen LogP contribution in [-0.4, -0.2) is 17.2 Å². The van der Waals surface area contributed by atoms with Crippen molar-refractivity contribution in [2.75, 3.05) is 0 Å². The Balaban J connectivity index is 1.46. The van der Waals surface area contributed by atoms with Crippen molar-refractivity contribution in [3.8, 4) is 0 Å². The van der Waals surface area contributed by atoms with Crippen LogP contribution in [0.1, 0.15) is 70.6 Å². The Hall–Kier alpha value is -1.58. The molecule has 6 unspecified atom stereocenters. The largest absolute Gasteiger partial charge is 0.462 e. The highest BCUT2D eigenvalue weighted by Gasteiger charge is 2.60. The maximum atomic E-state index is 11.6. The lowest BCUT2D eigenvalue weighted by molar-refractivity contribution is -0.157. The van der Waals surface area contributed by atoms with Crippen molar-refractivity contribution >= 4 is 12.0 Å². The van der Waals surface area contributed by atoms with E-state index < -0.39 is 0 Å². The molecule has 1 aromatic heterocycles. The van der Waals surface area contributed by atoms with Crippen LogP contribution >= 0.6 is 0 Å². The number of carbonyl (C=O) groups excluding carboxylic acids is 1. The number of rotatable bonds is 1. The molecular weight excluding hydrogens is 326 g/mol. The first-order valence-corrected chi connectivity index (χ1v) is 10.2. The van der Waals surface area contributed by atoms with Crippen LogP contribution in [0, 0.1) is 28.6 Å². The summed E-state index contributed by atoms with van der Waals surface area (Å²) in [6, 6.07) is 0. The van der Waals surface area contributed by atoms with E-state index >= 15 is 0 Å². The summed E-state index contributed by atoms with van der Waals surface area (Å²) in [5.74, 6) is 3.02. The summed E-state index contributed by atoms with van der Waals surface area (Å²) in [7, 11) is 0. The van der Waals surface area contributed by atoms with Gasteiger partial charge in [0.25, 0.3) is 0 Å². The third kappa shape index (κ3) is 2.13. The van der Waals surface area contributed by atoms with Crippen molar-refractivity contribution in [3.05, 3.63) is 23.1 Å². The summed E-state index contributed by atoms with van der Waals surface area (Å²) in [4.78, 5) is 11.6. The summed E-state index contributed by atoms with van der Waals surface area (Å²) < 4.78 is 11.2. The Labute approximate surface area is 155 Å². The van der Waals surface area contributed by atoms with Gasteiger partial charge in [-0.1, -0.05) is 24.6 Å². The second kappa shape index (κ2) is 5.46. The highest BCUT2D eigenvalue weighted by Crippen LogP contribution is 2.65. The quantitative estimate of drug-likeness (QED) is 0.680. The van der Waals surface area contributed by atoms with Crippen LogP contribution < -0.4 is 0 Å². The van der Waals surface area contributed by atoms with E-state index in [0.717, 1.165) is 30.4 Å². The molecule has 0 spiro atoms. The number of allylic oxidation sites excluding steroid dienone is 1. The molecule has 0 radical (unpaired) electrons. The van der Waals surface area contributed by atoms with E-state index in [2.05, 4.69) is 25.1 Å². The maximum absolute atomic E-state index is 11.6. The van der Waals surface area contributed by atoms with Crippen LogP contribution in [0.4, 0.5) is 0 Å². The van der Waals surface area contributed by atoms with Crippen molar-refractivity contribution in [1.29, 1.82) is 0 Å². The van der Waals surface area contributed by atoms with Gasteiger partial charge in [-0.05, 0) is 74.2 Å². The molecule has 4 heteroatoms. The number of nitrogens with zero attached hydrogens (tertiary/aromatic N) is 1. The van der Waals surface area contributed by atoms with Crippen LogP contribution in [-0.2, 0) is 16.0 Å². The second-order valence-corrected chi connectivity index (χ2v) is 9.61. The van der Waals surface area contributed by atoms with E-state index in [1.54, 1.807) is 12.5 Å². The summed E-state index contributed by atoms with van der Waals surface area (Å²) in [6.45, 7) is 6.42. The van der Waals surface area contributed by atoms with Gasteiger partial charge in [0.15, 0.2) is 5.76 Å². The Morgan fingerprint density at radius 1 is 1.23 bits per heavy atom. The minimum atomic E-state index is -0.118. The van der Waals surface area contributed by atoms with Crippen LogP contribution in [0.3, 0.4) is 0 Å². The molecule has 0 N–H and O–H groups in total. The summed E-state index contributed by atoms with van der Waals surface area (Å²) in [6.07, 6.45) is 12.5. The highest BCUT2D eigenvalue weighted by atomic mass is 16.5. The molecule has 6 atom stereocenters. The van der Waals surface area contributed by atoms with Gasteiger partial charge >= 0.3 is 5.97 Å². The molecular formula is C22H29NO3. The Morgan fingerprint density at radius 2 is 2.08 bits per heavy atom. The maximum Gasteiger partial charge on any atom is 0.302 e. The van der Waals surface area contributed by atoms with Gasteiger partial charge in [-0.3, -0.25) is 4.79 Å². The molecule has 0 aliphatic heterocycles. The van der Waals surface area contributed by atoms with E-state index in [-0.39, 0.29) is 22.9 Å². The first-order valence-electron chi connectivity index (χ1n) is 10.2. The fraction of sp³-hybridized carbons (Fsp3) is 0.727. The molecule has 1 heterocycles. The van der Waals surface area contributed by atoms with Gasteiger partial charge in [-0.2, -0.15) is 0 Å². The summed E-state index contributed by atoms with van der Waals surface area (Å²) in [5, 5.41) is 4.03. The van der Waals surface area contributed by atoms with Crippen molar-refractivity contribution in [2.24, 2.45) is 28.6 Å². The van der Waals surface area contributed by atoms with Crippen LogP contribution in [0.15, 0.2) is 16.3 Å². The first-order chi connectivity index (χ1) is 12.4. The standard InChI is InChI=1S/C22H29NO3/c1-13(24)25-20-7-6-17-16-5-4-15-10-19-14(12-23-26-19)11-22(15,3)18(16)8-9-21(17,20)2/h10,12,16-18,20H,4-9,11H2,1-3H3. The monoisotopic (exact) mass is 355 g/mol. The van der Waals surface area contributed by atoms with Crippen molar-refractivity contribution < 1.29 is 14.1 Å². The molecule has 3 fully saturated rings. The van der Waals surface area contributed by atoms with E-state index in [1.165, 1.54) is 37.7 Å². The van der Waals surface area contributed by atoms with Crippen molar-refractivity contribution in [1.82, 2.24) is 5.16 Å². The van der Waals surface area contributed by atoms with Crippen LogP contribution in [0.25, 0.3) is 6.08 Å². The summed E-state index contributed by atoms with van der Waals surface area (Å²) >= 11 is 0. The number of hydrogen-bond donors (Lipinski definition) is 0. The Kier molecular flexibility index (Phi) is 3.48. The topological polar surface area (TPSA) is 52.3 Å². The first kappa shape index (κ1) is 16.6. The molecule has 0 saturated heterocycles. The van der Waals surface area contributed by atoms with E-state index in [9.17, 15) is 4.79 Å². The fourth-order valence-electron chi connectivity index (χ4n) is 7.23. The van der Waals surface area contributed by atoms with E-state index in [4.69, 9.17) is 9.26 Å². The predicted octanol–water partition coefficient (Wildman–Crippen LogP) is 4.79. The van der Waals surface area contributed by atoms with Gasteiger partial charge in [-0.15, -0.1) is 0 Å². The second-order valence-electron chi connectivity index (χ2n) is 9.61. The van der Waals surface area contributed by atoms with Gasteiger partial charge in [0.1, 0.15) is 6.10 Å². The SMILES string of the molecule is CC(=O)OC1CCC2C3CCC4=Cc5oncc5CC4(C)C3CCC12C. The van der Waals surface area contributed by atoms with Crippen molar-refractivity contribution in [2.45, 2.75) is 71.8 Å². The zero-order valence-electron chi connectivity index (χ0n) is 16.1. The predicted molar refractivity (Wildman–Crippen MR) is 98.1 cm³/mol. The smallest absolute Gasteiger partial charge is 0.302 e. The number of ether oxygens (including phenoxy) is 1. The summed E-state index contributed by atoms with van der Waals surface area (Å²) in [5.41, 5.74) is 3.25. The van der Waals surface area contributed by atoms with Gasteiger partial charge < -0.3 is 9.26 Å². The minimum absolute atomic E-state index is 0.117. The Bertz CT molecular complexity index is 780. The molecule has 26 heavy (non-hydrogen) atoms. The number of hydrogen-bond acceptors (Lipinski definition) is 4. The number of carbonyl (C=O) groups is 1. The fourth-order valence-corrected chi connectivity index (χ4v) is 7.23. The molecule has 3 saturated carbocycles. The zero-order valence-corrected chi connectivity index (χ0v) is 16.1. The molecule has 5 rings (SSSR count). The minimum Gasteiger partial charge on any atom is -0.462 e. The molecule has 4 nitrogen and oxygen atoms in total. The van der Waals surface area contributed by atoms with E-state index in [0.29, 0.717) is 5.92 Å². The normalized spacial score (nSPS) is 43.6. The lowest BCUT2D eigenvalue weighted by Crippen LogP contribution is -2.51. The van der Waals surface area contributed by atoms with Gasteiger partial charge in [0, 0.05) is 17.9 Å². The van der Waals surface area contributed by atoms with Crippen LogP contribution in [0.2, 0.25) is 0 Å². The number of fused-ring (bicyclic) bond motifs is 6. The third-order valence-electron chi connectivity index (χ3n) is 8.50. The van der Waals surface area contributed by atoms with Gasteiger partial charge in [0.05, 0.1) is 6.20 Å². The molecule has 0 aromatic carbocycles. The lowest BCUT2D eigenvalue weighted by Gasteiger charge is -2.57. The van der Waals surface area contributed by atoms with Crippen molar-refractivity contribution in [3.63, 3.8) is 0 Å². The van der Waals surface area contributed by atoms with Crippen LogP contribution in [0.5, 0.6) is 0 Å².